The minimum atomic E-state index is -4.72. The van der Waals surface area contributed by atoms with Crippen molar-refractivity contribution >= 4 is 29.3 Å². The van der Waals surface area contributed by atoms with Crippen LogP contribution in [0.1, 0.15) is 48.7 Å². The Bertz CT molecular complexity index is 1780. The predicted molar refractivity (Wildman–Crippen MR) is 170 cm³/mol. The zero-order valence-electron chi connectivity index (χ0n) is 26.3. The van der Waals surface area contributed by atoms with Crippen molar-refractivity contribution < 1.29 is 36.6 Å². The molecule has 2 aromatic heterocycles. The molecule has 0 unspecified atom stereocenters. The third kappa shape index (κ3) is 8.66. The second-order valence-corrected chi connectivity index (χ2v) is 12.0. The number of hydrogen-bond acceptors (Lipinski definition) is 9. The van der Waals surface area contributed by atoms with Gasteiger partial charge in [-0.05, 0) is 56.7 Å². The number of ether oxygens (including phenoxy) is 2. The molecule has 48 heavy (non-hydrogen) atoms. The number of likely N-dealkylation sites (tertiary alicyclic amines) is 1. The number of nitrogens with one attached hydrogen (secondary N) is 2. The molecule has 0 radical (unpaired) electrons. The van der Waals surface area contributed by atoms with E-state index in [-0.39, 0.29) is 41.4 Å². The summed E-state index contributed by atoms with van der Waals surface area (Å²) in [5.41, 5.74) is 6.07. The van der Waals surface area contributed by atoms with Crippen molar-refractivity contribution in [2.24, 2.45) is 0 Å². The first-order valence-electron chi connectivity index (χ1n) is 14.9. The van der Waals surface area contributed by atoms with E-state index in [1.807, 2.05) is 0 Å². The maximum atomic E-state index is 13.4. The third-order valence-corrected chi connectivity index (χ3v) is 7.11. The molecule has 15 heteroatoms. The molecule has 1 atom stereocenters. The normalized spacial score (nSPS) is 14.8. The van der Waals surface area contributed by atoms with Gasteiger partial charge < -0.3 is 30.7 Å². The van der Waals surface area contributed by atoms with Gasteiger partial charge in [0, 0.05) is 37.0 Å². The number of aromatic nitrogens is 3. The number of carbonyl (C=O) groups excluding carboxylic acids is 2. The third-order valence-electron chi connectivity index (χ3n) is 7.11. The van der Waals surface area contributed by atoms with Gasteiger partial charge in [0.25, 0.3) is 11.8 Å². The van der Waals surface area contributed by atoms with Crippen LogP contribution in [0.2, 0.25) is 0 Å². The molecule has 0 bridgehead atoms. The van der Waals surface area contributed by atoms with Crippen LogP contribution in [0.4, 0.5) is 39.7 Å². The smallest absolute Gasteiger partial charge is 0.417 e. The minimum Gasteiger partial charge on any atom is -0.470 e. The molecule has 2 aromatic carbocycles. The quantitative estimate of drug-likeness (QED) is 0.179. The number of alkyl halides is 3. The Hall–Kier alpha value is -5.47. The lowest BCUT2D eigenvalue weighted by molar-refractivity contribution is -0.137. The summed E-state index contributed by atoms with van der Waals surface area (Å²) in [6, 6.07) is 12.6. The van der Waals surface area contributed by atoms with Gasteiger partial charge in [-0.15, -0.1) is 0 Å². The molecule has 252 valence electrons. The summed E-state index contributed by atoms with van der Waals surface area (Å²) < 4.78 is 65.0. The van der Waals surface area contributed by atoms with Crippen molar-refractivity contribution in [2.75, 3.05) is 29.5 Å². The fraction of sp³-hybridized carbons (Fsp3) is 0.303. The topological polar surface area (TPSA) is 145 Å². The first-order chi connectivity index (χ1) is 22.6. The van der Waals surface area contributed by atoms with Crippen LogP contribution in [0.5, 0.6) is 5.88 Å². The highest BCUT2D eigenvalue weighted by Crippen LogP contribution is 2.31. The lowest BCUT2D eigenvalue weighted by atomic mass is 10.1. The minimum absolute atomic E-state index is 0.0740. The van der Waals surface area contributed by atoms with Gasteiger partial charge in [-0.3, -0.25) is 4.79 Å². The average Bonchev–Trinajstić information content (AvgIpc) is 3.50. The van der Waals surface area contributed by atoms with E-state index in [0.717, 1.165) is 17.7 Å². The highest BCUT2D eigenvalue weighted by atomic mass is 19.4. The summed E-state index contributed by atoms with van der Waals surface area (Å²) in [5.74, 6) is -1.23. The first-order valence-corrected chi connectivity index (χ1v) is 14.9. The lowest BCUT2D eigenvalue weighted by Crippen LogP contribution is -2.36. The van der Waals surface area contributed by atoms with Crippen molar-refractivity contribution in [3.8, 4) is 17.1 Å². The number of nitrogens with zero attached hydrogens (tertiary/aromatic N) is 4. The molecule has 2 amide bonds. The first kappa shape index (κ1) is 33.9. The summed E-state index contributed by atoms with van der Waals surface area (Å²) in [6.07, 6.45) is -2.79. The molecule has 0 spiro atoms. The highest BCUT2D eigenvalue weighted by molar-refractivity contribution is 6.07. The average molecular weight is 668 g/mol. The number of rotatable bonds is 8. The summed E-state index contributed by atoms with van der Waals surface area (Å²) in [5, 5.41) is 5.39. The Morgan fingerprint density at radius 3 is 2.40 bits per heavy atom. The second-order valence-electron chi connectivity index (χ2n) is 12.0. The van der Waals surface area contributed by atoms with Crippen molar-refractivity contribution in [1.29, 1.82) is 0 Å². The Balaban J connectivity index is 1.25. The van der Waals surface area contributed by atoms with Crippen molar-refractivity contribution in [2.45, 2.75) is 51.6 Å². The van der Waals surface area contributed by atoms with Gasteiger partial charge in [-0.25, -0.2) is 24.1 Å². The number of pyridine rings is 1. The van der Waals surface area contributed by atoms with E-state index in [2.05, 4.69) is 25.6 Å². The zero-order chi connectivity index (χ0) is 34.6. The van der Waals surface area contributed by atoms with Gasteiger partial charge >= 0.3 is 12.3 Å². The maximum Gasteiger partial charge on any atom is 0.417 e. The molecule has 0 aliphatic carbocycles. The second kappa shape index (κ2) is 13.7. The van der Waals surface area contributed by atoms with E-state index in [1.54, 1.807) is 49.9 Å². The molecule has 1 saturated heterocycles. The fourth-order valence-corrected chi connectivity index (χ4v) is 4.73. The molecule has 11 nitrogen and oxygen atoms in total. The number of anilines is 3. The monoisotopic (exact) mass is 667 g/mol. The Morgan fingerprint density at radius 2 is 1.73 bits per heavy atom. The van der Waals surface area contributed by atoms with Crippen LogP contribution in [-0.2, 0) is 17.5 Å². The Kier molecular flexibility index (Phi) is 9.68. The van der Waals surface area contributed by atoms with Crippen LogP contribution in [0, 0.1) is 5.82 Å². The summed E-state index contributed by atoms with van der Waals surface area (Å²) in [4.78, 5) is 39.5. The number of hydrogen-bond donors (Lipinski definition) is 3. The highest BCUT2D eigenvalue weighted by Gasteiger charge is 2.33. The molecule has 1 aliphatic rings. The molecule has 3 heterocycles. The SMILES string of the molecule is CC(C)(C)OC(=O)N1CC[C@@H](Oc2nc(-c3ccc(CNc4ncc(C(F)(F)F)cc4C(=O)Nc4ccc(F)cc4)cc3)cnc2N)C1. The number of carbonyl (C=O) groups is 2. The van der Waals surface area contributed by atoms with Gasteiger partial charge in [0.15, 0.2) is 5.82 Å². The van der Waals surface area contributed by atoms with E-state index in [0.29, 0.717) is 43.0 Å². The van der Waals surface area contributed by atoms with Crippen LogP contribution >= 0.6 is 0 Å². The molecular formula is C33H33F4N7O4. The molecule has 4 N–H and O–H groups in total. The molecule has 1 aliphatic heterocycles. The van der Waals surface area contributed by atoms with Crippen molar-refractivity contribution in [3.05, 3.63) is 89.5 Å². The number of amides is 2. The van der Waals surface area contributed by atoms with Crippen molar-refractivity contribution in [1.82, 2.24) is 19.9 Å². The summed E-state index contributed by atoms with van der Waals surface area (Å²) in [7, 11) is 0. The standard InChI is InChI=1S/C33H33F4N7O4/c1-32(2,3)48-31(46)44-13-12-24(18-44)47-30-27(38)39-17-26(43-30)20-6-4-19(5-7-20)15-40-28-25(14-21(16-41-28)33(35,36)37)29(45)42-23-10-8-22(34)9-11-23/h4-11,14,16-17,24H,12-13,15,18H2,1-3H3,(H2,38,39)(H,40,41)(H,42,45)/t24-/m1/s1. The lowest BCUT2D eigenvalue weighted by Gasteiger charge is -2.24. The summed E-state index contributed by atoms with van der Waals surface area (Å²) >= 11 is 0. The molecule has 0 saturated carbocycles. The largest absolute Gasteiger partial charge is 0.470 e. The number of nitrogen functional groups attached to an aromatic ring is 1. The maximum absolute atomic E-state index is 13.4. The Labute approximate surface area is 273 Å². The molecular weight excluding hydrogens is 634 g/mol. The van der Waals surface area contributed by atoms with Crippen LogP contribution in [0.25, 0.3) is 11.3 Å². The molecule has 1 fully saturated rings. The van der Waals surface area contributed by atoms with Gasteiger partial charge in [0.1, 0.15) is 23.3 Å². The van der Waals surface area contributed by atoms with E-state index >= 15 is 0 Å². The van der Waals surface area contributed by atoms with E-state index < -0.39 is 35.2 Å². The Morgan fingerprint density at radius 1 is 1.02 bits per heavy atom. The number of halogens is 4. The van der Waals surface area contributed by atoms with E-state index in [1.165, 1.54) is 18.3 Å². The molecule has 4 aromatic rings. The van der Waals surface area contributed by atoms with Crippen LogP contribution in [0.3, 0.4) is 0 Å². The summed E-state index contributed by atoms with van der Waals surface area (Å²) in [6.45, 7) is 6.28. The molecule has 5 rings (SSSR count). The van der Waals surface area contributed by atoms with Gasteiger partial charge in [-0.1, -0.05) is 24.3 Å². The van der Waals surface area contributed by atoms with Gasteiger partial charge in [0.05, 0.1) is 29.6 Å². The fourth-order valence-electron chi connectivity index (χ4n) is 4.73. The van der Waals surface area contributed by atoms with E-state index in [9.17, 15) is 27.2 Å². The van der Waals surface area contributed by atoms with Crippen LogP contribution < -0.4 is 21.1 Å². The van der Waals surface area contributed by atoms with Crippen LogP contribution in [0.15, 0.2) is 67.0 Å². The van der Waals surface area contributed by atoms with Gasteiger partial charge in [-0.2, -0.15) is 13.2 Å². The number of nitrogens with two attached hydrogens (primary N) is 1. The predicted octanol–water partition coefficient (Wildman–Crippen LogP) is 6.53. The van der Waals surface area contributed by atoms with Crippen molar-refractivity contribution in [3.63, 3.8) is 0 Å². The van der Waals surface area contributed by atoms with E-state index in [4.69, 9.17) is 15.2 Å². The van der Waals surface area contributed by atoms with Gasteiger partial charge in [0.2, 0.25) is 0 Å². The number of benzene rings is 2. The zero-order valence-corrected chi connectivity index (χ0v) is 26.3. The van der Waals surface area contributed by atoms with Crippen LogP contribution in [-0.4, -0.2) is 56.6 Å².